The molecular formula is C19H22BrN2O3+. The number of nitrogens with two attached hydrogens (primary N) is 1. The Kier molecular flexibility index (Phi) is 5.60. The molecule has 1 heterocycles. The predicted octanol–water partition coefficient (Wildman–Crippen LogP) is 3.22. The van der Waals surface area contributed by atoms with Gasteiger partial charge in [-0.3, -0.25) is 4.79 Å². The monoisotopic (exact) mass is 405 g/mol. The van der Waals surface area contributed by atoms with Gasteiger partial charge in [0.15, 0.2) is 17.5 Å². The third kappa shape index (κ3) is 4.32. The highest BCUT2D eigenvalue weighted by molar-refractivity contribution is 9.10. The van der Waals surface area contributed by atoms with E-state index in [1.165, 1.54) is 5.56 Å². The van der Waals surface area contributed by atoms with E-state index in [0.29, 0.717) is 17.2 Å². The second-order valence-corrected chi connectivity index (χ2v) is 7.02. The molecule has 0 saturated heterocycles. The molecule has 1 amide bonds. The lowest BCUT2D eigenvalue weighted by molar-refractivity contribution is -0.713. The van der Waals surface area contributed by atoms with E-state index in [1.54, 1.807) is 6.07 Å². The molecular weight excluding hydrogens is 384 g/mol. The molecule has 132 valence electrons. The summed E-state index contributed by atoms with van der Waals surface area (Å²) in [5, 5.41) is 5.05. The van der Waals surface area contributed by atoms with Crippen molar-refractivity contribution in [1.29, 1.82) is 0 Å². The number of fused-ring (bicyclic) bond motifs is 1. The first-order chi connectivity index (χ1) is 12.1. The van der Waals surface area contributed by atoms with E-state index in [9.17, 15) is 4.79 Å². The van der Waals surface area contributed by atoms with Crippen LogP contribution in [0.15, 0.2) is 46.9 Å². The summed E-state index contributed by atoms with van der Waals surface area (Å²) in [5.74, 6) is 1.34. The van der Waals surface area contributed by atoms with Crippen LogP contribution in [0.4, 0.5) is 5.69 Å². The SMILES string of the molecule is CC[C@@H]([NH2+][C@@H](C)C(=O)Nc1ccc2c(c1)OCO2)c1ccc(Br)cc1. The third-order valence-electron chi connectivity index (χ3n) is 4.31. The van der Waals surface area contributed by atoms with Crippen LogP contribution in [-0.2, 0) is 4.79 Å². The average molecular weight is 406 g/mol. The molecule has 0 bridgehead atoms. The minimum atomic E-state index is -0.209. The number of amides is 1. The molecule has 1 aliphatic heterocycles. The first kappa shape index (κ1) is 17.8. The van der Waals surface area contributed by atoms with Gasteiger partial charge in [0.05, 0.1) is 0 Å². The molecule has 0 radical (unpaired) electrons. The molecule has 0 aromatic heterocycles. The molecule has 0 saturated carbocycles. The minimum absolute atomic E-state index is 0.0329. The quantitative estimate of drug-likeness (QED) is 0.775. The molecule has 0 fully saturated rings. The van der Waals surface area contributed by atoms with Gasteiger partial charge in [0, 0.05) is 28.2 Å². The largest absolute Gasteiger partial charge is 0.454 e. The summed E-state index contributed by atoms with van der Waals surface area (Å²) in [6.07, 6.45) is 0.948. The molecule has 5 nitrogen and oxygen atoms in total. The van der Waals surface area contributed by atoms with Gasteiger partial charge in [-0.1, -0.05) is 35.0 Å². The Bertz CT molecular complexity index is 749. The smallest absolute Gasteiger partial charge is 0.282 e. The summed E-state index contributed by atoms with van der Waals surface area (Å²) >= 11 is 3.46. The van der Waals surface area contributed by atoms with E-state index in [-0.39, 0.29) is 24.8 Å². The van der Waals surface area contributed by atoms with Gasteiger partial charge < -0.3 is 20.1 Å². The van der Waals surface area contributed by atoms with Crippen molar-refractivity contribution in [2.75, 3.05) is 12.1 Å². The van der Waals surface area contributed by atoms with Crippen LogP contribution in [0, 0.1) is 0 Å². The van der Waals surface area contributed by atoms with Crippen molar-refractivity contribution < 1.29 is 19.6 Å². The maximum absolute atomic E-state index is 12.5. The van der Waals surface area contributed by atoms with Crippen LogP contribution in [0.2, 0.25) is 0 Å². The molecule has 3 rings (SSSR count). The molecule has 1 aliphatic rings. The molecule has 2 aromatic rings. The summed E-state index contributed by atoms with van der Waals surface area (Å²) in [5.41, 5.74) is 1.93. The van der Waals surface area contributed by atoms with Gasteiger partial charge in [-0.15, -0.1) is 0 Å². The highest BCUT2D eigenvalue weighted by atomic mass is 79.9. The number of hydrogen-bond acceptors (Lipinski definition) is 3. The Morgan fingerprint density at radius 2 is 1.92 bits per heavy atom. The summed E-state index contributed by atoms with van der Waals surface area (Å²) < 4.78 is 11.7. The first-order valence-electron chi connectivity index (χ1n) is 8.37. The van der Waals surface area contributed by atoms with E-state index in [0.717, 1.165) is 10.9 Å². The maximum Gasteiger partial charge on any atom is 0.282 e. The zero-order valence-electron chi connectivity index (χ0n) is 14.3. The molecule has 6 heteroatoms. The third-order valence-corrected chi connectivity index (χ3v) is 4.84. The van der Waals surface area contributed by atoms with E-state index >= 15 is 0 Å². The number of carbonyl (C=O) groups is 1. The predicted molar refractivity (Wildman–Crippen MR) is 99.8 cm³/mol. The van der Waals surface area contributed by atoms with Gasteiger partial charge in [0.25, 0.3) is 5.91 Å². The Hall–Kier alpha value is -2.05. The number of anilines is 1. The second kappa shape index (κ2) is 7.89. The molecule has 3 N–H and O–H groups in total. The summed E-state index contributed by atoms with van der Waals surface area (Å²) in [6.45, 7) is 4.28. The van der Waals surface area contributed by atoms with Crippen LogP contribution in [0.25, 0.3) is 0 Å². The standard InChI is InChI=1S/C19H21BrN2O3/c1-3-16(13-4-6-14(20)7-5-13)21-12(2)19(23)22-15-8-9-17-18(10-15)25-11-24-17/h4-10,12,16,21H,3,11H2,1-2H3,(H,22,23)/p+1/t12-,16+/m0/s1. The van der Waals surface area contributed by atoms with E-state index in [1.807, 2.05) is 31.2 Å². The Morgan fingerprint density at radius 3 is 2.64 bits per heavy atom. The van der Waals surface area contributed by atoms with Gasteiger partial charge in [-0.05, 0) is 31.2 Å². The van der Waals surface area contributed by atoms with Gasteiger partial charge in [-0.2, -0.15) is 0 Å². The Balaban J connectivity index is 1.62. The highest BCUT2D eigenvalue weighted by Crippen LogP contribution is 2.34. The number of benzene rings is 2. The van der Waals surface area contributed by atoms with Crippen molar-refractivity contribution in [3.8, 4) is 11.5 Å². The minimum Gasteiger partial charge on any atom is -0.454 e. The molecule has 25 heavy (non-hydrogen) atoms. The van der Waals surface area contributed by atoms with Gasteiger partial charge >= 0.3 is 0 Å². The first-order valence-corrected chi connectivity index (χ1v) is 9.17. The number of hydrogen-bond donors (Lipinski definition) is 2. The van der Waals surface area contributed by atoms with E-state index in [2.05, 4.69) is 45.6 Å². The maximum atomic E-state index is 12.5. The van der Waals surface area contributed by atoms with Crippen molar-refractivity contribution >= 4 is 27.5 Å². The van der Waals surface area contributed by atoms with E-state index < -0.39 is 0 Å². The lowest BCUT2D eigenvalue weighted by Crippen LogP contribution is -2.92. The topological polar surface area (TPSA) is 64.2 Å². The Morgan fingerprint density at radius 1 is 1.20 bits per heavy atom. The van der Waals surface area contributed by atoms with Crippen molar-refractivity contribution in [3.63, 3.8) is 0 Å². The zero-order valence-corrected chi connectivity index (χ0v) is 15.9. The molecule has 0 unspecified atom stereocenters. The lowest BCUT2D eigenvalue weighted by atomic mass is 10.0. The van der Waals surface area contributed by atoms with Crippen LogP contribution < -0.4 is 20.1 Å². The molecule has 0 spiro atoms. The zero-order chi connectivity index (χ0) is 17.8. The fourth-order valence-corrected chi connectivity index (χ4v) is 3.12. The average Bonchev–Trinajstić information content (AvgIpc) is 3.08. The van der Waals surface area contributed by atoms with Crippen molar-refractivity contribution in [2.24, 2.45) is 0 Å². The molecule has 2 aromatic carbocycles. The van der Waals surface area contributed by atoms with Gasteiger partial charge in [0.1, 0.15) is 6.04 Å². The van der Waals surface area contributed by atoms with Gasteiger partial charge in [0.2, 0.25) is 6.79 Å². The van der Waals surface area contributed by atoms with Crippen LogP contribution >= 0.6 is 15.9 Å². The lowest BCUT2D eigenvalue weighted by Gasteiger charge is -2.19. The summed E-state index contributed by atoms with van der Waals surface area (Å²) in [7, 11) is 0. The number of quaternary nitrogens is 1. The van der Waals surface area contributed by atoms with Crippen molar-refractivity contribution in [3.05, 3.63) is 52.5 Å². The fraction of sp³-hybridized carbons (Fsp3) is 0.316. The fourth-order valence-electron chi connectivity index (χ4n) is 2.86. The number of carbonyl (C=O) groups excluding carboxylic acids is 1. The highest BCUT2D eigenvalue weighted by Gasteiger charge is 2.23. The summed E-state index contributed by atoms with van der Waals surface area (Å²) in [4.78, 5) is 12.5. The van der Waals surface area contributed by atoms with Crippen LogP contribution in [0.1, 0.15) is 31.9 Å². The number of halogens is 1. The Labute approximate surface area is 155 Å². The number of nitrogens with one attached hydrogen (secondary N) is 1. The van der Waals surface area contributed by atoms with Crippen molar-refractivity contribution in [2.45, 2.75) is 32.4 Å². The summed E-state index contributed by atoms with van der Waals surface area (Å²) in [6, 6.07) is 13.7. The van der Waals surface area contributed by atoms with Gasteiger partial charge in [-0.25, -0.2) is 0 Å². The number of ether oxygens (including phenoxy) is 2. The second-order valence-electron chi connectivity index (χ2n) is 6.10. The normalized spacial score (nSPS) is 14.8. The molecule has 0 aliphatic carbocycles. The van der Waals surface area contributed by atoms with Crippen LogP contribution in [-0.4, -0.2) is 18.7 Å². The van der Waals surface area contributed by atoms with Crippen molar-refractivity contribution in [1.82, 2.24) is 0 Å². The van der Waals surface area contributed by atoms with E-state index in [4.69, 9.17) is 9.47 Å². The number of rotatable bonds is 6. The van der Waals surface area contributed by atoms with Crippen LogP contribution in [0.3, 0.4) is 0 Å². The molecule has 2 atom stereocenters. The van der Waals surface area contributed by atoms with Crippen LogP contribution in [0.5, 0.6) is 11.5 Å².